The van der Waals surface area contributed by atoms with E-state index < -0.39 is 10.0 Å². The zero-order valence-electron chi connectivity index (χ0n) is 11.6. The molecular weight excluding hydrogens is 294 g/mol. The number of sulfonamides is 1. The number of hydrogen-bond acceptors (Lipinski definition) is 5. The van der Waals surface area contributed by atoms with Crippen LogP contribution in [0.3, 0.4) is 0 Å². The summed E-state index contributed by atoms with van der Waals surface area (Å²) in [4.78, 5) is 0.210. The lowest BCUT2D eigenvalue weighted by atomic mass is 9.96. The molecule has 2 saturated heterocycles. The van der Waals surface area contributed by atoms with Gasteiger partial charge in [0.25, 0.3) is 0 Å². The monoisotopic (exact) mass is 313 g/mol. The van der Waals surface area contributed by atoms with E-state index in [1.807, 2.05) is 0 Å². The Hall–Kier alpha value is -1.15. The summed E-state index contributed by atoms with van der Waals surface area (Å²) in [5.74, 6) is 0.534. The lowest BCUT2D eigenvalue weighted by Gasteiger charge is -2.20. The number of ether oxygens (including phenoxy) is 2. The topological polar surface area (TPSA) is 84.9 Å². The molecule has 0 amide bonds. The molecule has 0 aromatic heterocycles. The molecule has 0 aliphatic carbocycles. The first-order valence-electron chi connectivity index (χ1n) is 7.10. The molecule has 2 aliphatic rings. The van der Waals surface area contributed by atoms with Gasteiger partial charge in [-0.25, -0.2) is 13.1 Å². The predicted octanol–water partition coefficient (Wildman–Crippen LogP) is 0.656. The molecule has 3 rings (SSSR count). The molecular formula is C14H19NO5S. The molecule has 2 heterocycles. The molecule has 116 valence electrons. The van der Waals surface area contributed by atoms with Crippen LogP contribution in [0, 0.1) is 0 Å². The maximum Gasteiger partial charge on any atom is 0.240 e. The van der Waals surface area contributed by atoms with E-state index in [0.717, 1.165) is 19.3 Å². The van der Waals surface area contributed by atoms with Crippen LogP contribution in [-0.4, -0.2) is 45.0 Å². The zero-order valence-corrected chi connectivity index (χ0v) is 12.4. The normalized spacial score (nSPS) is 28.0. The smallest absolute Gasteiger partial charge is 0.240 e. The van der Waals surface area contributed by atoms with Gasteiger partial charge in [-0.15, -0.1) is 0 Å². The van der Waals surface area contributed by atoms with Gasteiger partial charge in [0, 0.05) is 0 Å². The maximum atomic E-state index is 12.3. The number of aliphatic hydroxyl groups is 1. The summed E-state index contributed by atoms with van der Waals surface area (Å²) in [5, 5.41) is 8.68. The largest absolute Gasteiger partial charge is 0.491 e. The fourth-order valence-corrected chi connectivity index (χ4v) is 4.18. The van der Waals surface area contributed by atoms with Gasteiger partial charge in [-0.05, 0) is 43.5 Å². The Morgan fingerprint density at radius 3 is 2.62 bits per heavy atom. The molecule has 3 unspecified atom stereocenters. The van der Waals surface area contributed by atoms with Crippen LogP contribution in [0.2, 0.25) is 0 Å². The molecule has 0 radical (unpaired) electrons. The average Bonchev–Trinajstić information content (AvgIpc) is 3.07. The summed E-state index contributed by atoms with van der Waals surface area (Å²) < 4.78 is 38.3. The van der Waals surface area contributed by atoms with Gasteiger partial charge >= 0.3 is 0 Å². The van der Waals surface area contributed by atoms with Crippen molar-refractivity contribution in [3.63, 3.8) is 0 Å². The van der Waals surface area contributed by atoms with E-state index in [1.54, 1.807) is 12.1 Å². The first-order valence-corrected chi connectivity index (χ1v) is 8.58. The zero-order chi connectivity index (χ0) is 14.9. The van der Waals surface area contributed by atoms with Gasteiger partial charge < -0.3 is 14.6 Å². The summed E-state index contributed by atoms with van der Waals surface area (Å²) in [6.07, 6.45) is 2.92. The van der Waals surface area contributed by atoms with Crippen LogP contribution >= 0.6 is 0 Å². The number of fused-ring (bicyclic) bond motifs is 2. The minimum absolute atomic E-state index is 0.0111. The number of hydrogen-bond donors (Lipinski definition) is 2. The van der Waals surface area contributed by atoms with Crippen molar-refractivity contribution in [3.8, 4) is 5.75 Å². The molecule has 6 nitrogen and oxygen atoms in total. The third-order valence-electron chi connectivity index (χ3n) is 3.91. The maximum absolute atomic E-state index is 12.3. The van der Waals surface area contributed by atoms with Crippen molar-refractivity contribution in [1.29, 1.82) is 0 Å². The number of aliphatic hydroxyl groups excluding tert-OH is 1. The van der Waals surface area contributed by atoms with Crippen LogP contribution in [0.5, 0.6) is 5.75 Å². The molecule has 0 saturated carbocycles. The Balaban J connectivity index is 1.67. The number of benzene rings is 1. The van der Waals surface area contributed by atoms with E-state index in [9.17, 15) is 8.42 Å². The first-order chi connectivity index (χ1) is 10.1. The molecule has 7 heteroatoms. The fraction of sp³-hybridized carbons (Fsp3) is 0.571. The number of rotatable bonds is 6. The molecule has 1 aromatic rings. The van der Waals surface area contributed by atoms with Gasteiger partial charge in [0.1, 0.15) is 12.4 Å². The highest BCUT2D eigenvalue weighted by molar-refractivity contribution is 7.89. The van der Waals surface area contributed by atoms with Crippen molar-refractivity contribution < 1.29 is 23.0 Å². The Morgan fingerprint density at radius 1 is 1.29 bits per heavy atom. The van der Waals surface area contributed by atoms with Crippen molar-refractivity contribution in [2.24, 2.45) is 0 Å². The van der Waals surface area contributed by atoms with Crippen molar-refractivity contribution in [1.82, 2.24) is 4.72 Å². The molecule has 1 aromatic carbocycles. The molecule has 2 N–H and O–H groups in total. The molecule has 21 heavy (non-hydrogen) atoms. The van der Waals surface area contributed by atoms with Crippen LogP contribution in [-0.2, 0) is 14.8 Å². The Bertz CT molecular complexity index is 586. The van der Waals surface area contributed by atoms with Gasteiger partial charge in [-0.2, -0.15) is 0 Å². The van der Waals surface area contributed by atoms with Gasteiger partial charge in [-0.1, -0.05) is 0 Å². The Morgan fingerprint density at radius 2 is 2.05 bits per heavy atom. The second-order valence-corrected chi connectivity index (χ2v) is 7.09. The predicted molar refractivity (Wildman–Crippen MR) is 75.6 cm³/mol. The summed E-state index contributed by atoms with van der Waals surface area (Å²) in [7, 11) is -3.54. The van der Waals surface area contributed by atoms with Crippen molar-refractivity contribution >= 4 is 10.0 Å². The molecule has 2 aliphatic heterocycles. The molecule has 3 atom stereocenters. The second kappa shape index (κ2) is 5.92. The highest BCUT2D eigenvalue weighted by atomic mass is 32.2. The first kappa shape index (κ1) is 14.8. The van der Waals surface area contributed by atoms with Gasteiger partial charge in [0.2, 0.25) is 10.0 Å². The summed E-state index contributed by atoms with van der Waals surface area (Å²) >= 11 is 0. The average molecular weight is 313 g/mol. The third kappa shape index (κ3) is 3.21. The summed E-state index contributed by atoms with van der Waals surface area (Å²) in [6, 6.07) is 6.05. The summed E-state index contributed by atoms with van der Waals surface area (Å²) in [6.45, 7) is 0.110. The van der Waals surface area contributed by atoms with E-state index in [1.165, 1.54) is 12.1 Å². The quantitative estimate of drug-likeness (QED) is 0.806. The van der Waals surface area contributed by atoms with Crippen molar-refractivity contribution in [2.45, 2.75) is 42.4 Å². The standard InChI is InChI=1S/C14H19NO5S/c16-7-8-19-10-1-4-12(5-2-10)21(17,18)15-13-9-11-3-6-14(13)20-11/h1-2,4-5,11,13-16H,3,6-9H2. The van der Waals surface area contributed by atoms with E-state index >= 15 is 0 Å². The third-order valence-corrected chi connectivity index (χ3v) is 5.41. The summed E-state index contributed by atoms with van der Waals surface area (Å²) in [5.41, 5.74) is 0. The minimum atomic E-state index is -3.54. The molecule has 0 spiro atoms. The van der Waals surface area contributed by atoms with Gasteiger partial charge in [0.05, 0.1) is 29.8 Å². The molecule has 2 fully saturated rings. The lowest BCUT2D eigenvalue weighted by molar-refractivity contribution is 0.0996. The van der Waals surface area contributed by atoms with Crippen LogP contribution in [0.4, 0.5) is 0 Å². The van der Waals surface area contributed by atoms with Crippen LogP contribution < -0.4 is 9.46 Å². The van der Waals surface area contributed by atoms with E-state index in [-0.39, 0.29) is 36.4 Å². The second-order valence-electron chi connectivity index (χ2n) is 5.38. The number of nitrogens with one attached hydrogen (secondary N) is 1. The minimum Gasteiger partial charge on any atom is -0.491 e. The Kier molecular flexibility index (Phi) is 4.17. The van der Waals surface area contributed by atoms with E-state index in [2.05, 4.69) is 4.72 Å². The van der Waals surface area contributed by atoms with Gasteiger partial charge in [-0.3, -0.25) is 0 Å². The van der Waals surface area contributed by atoms with Gasteiger partial charge in [0.15, 0.2) is 0 Å². The van der Waals surface area contributed by atoms with E-state index in [0.29, 0.717) is 5.75 Å². The highest BCUT2D eigenvalue weighted by Gasteiger charge is 2.42. The van der Waals surface area contributed by atoms with Crippen LogP contribution in [0.25, 0.3) is 0 Å². The Labute approximate surface area is 124 Å². The SMILES string of the molecule is O=S(=O)(NC1CC2CCC1O2)c1ccc(OCCO)cc1. The van der Waals surface area contributed by atoms with Crippen molar-refractivity contribution in [2.75, 3.05) is 13.2 Å². The highest BCUT2D eigenvalue weighted by Crippen LogP contribution is 2.35. The van der Waals surface area contributed by atoms with E-state index in [4.69, 9.17) is 14.6 Å². The lowest BCUT2D eigenvalue weighted by Crippen LogP contribution is -2.41. The van der Waals surface area contributed by atoms with Crippen molar-refractivity contribution in [3.05, 3.63) is 24.3 Å². The molecule has 2 bridgehead atoms. The van der Waals surface area contributed by atoms with Crippen LogP contribution in [0.1, 0.15) is 19.3 Å². The van der Waals surface area contributed by atoms with Crippen LogP contribution in [0.15, 0.2) is 29.2 Å². The fourth-order valence-electron chi connectivity index (χ4n) is 2.91.